The largest absolute Gasteiger partial charge is 0.478 e. The molecule has 0 spiro atoms. The fourth-order valence-corrected chi connectivity index (χ4v) is 2.59. The van der Waals surface area contributed by atoms with Gasteiger partial charge in [-0.2, -0.15) is 18.3 Å². The molecule has 1 aromatic heterocycles. The summed E-state index contributed by atoms with van der Waals surface area (Å²) in [6.07, 6.45) is -4.87. The molecule has 120 valence electrons. The number of nitrogens with zero attached hydrogens (tertiary/aromatic N) is 2. The lowest BCUT2D eigenvalue weighted by Gasteiger charge is -2.05. The Labute approximate surface area is 132 Å². The molecule has 0 aliphatic heterocycles. The van der Waals surface area contributed by atoms with E-state index in [0.29, 0.717) is 4.90 Å². The van der Waals surface area contributed by atoms with Gasteiger partial charge in [-0.3, -0.25) is 4.68 Å². The summed E-state index contributed by atoms with van der Waals surface area (Å²) in [5.41, 5.74) is -2.37. The van der Waals surface area contributed by atoms with Crippen LogP contribution in [0.2, 0.25) is 0 Å². The zero-order valence-corrected chi connectivity index (χ0v) is 12.5. The summed E-state index contributed by atoms with van der Waals surface area (Å²) in [4.78, 5) is 11.5. The van der Waals surface area contributed by atoms with Gasteiger partial charge in [0.1, 0.15) is 16.4 Å². The Bertz CT molecular complexity index is 686. The molecular formula is C12H9ClF4N2O2S. The van der Waals surface area contributed by atoms with E-state index in [4.69, 9.17) is 5.11 Å². The van der Waals surface area contributed by atoms with E-state index in [0.717, 1.165) is 28.6 Å². The van der Waals surface area contributed by atoms with Gasteiger partial charge < -0.3 is 5.11 Å². The zero-order chi connectivity index (χ0) is 15.8. The van der Waals surface area contributed by atoms with Crippen molar-refractivity contribution in [3.05, 3.63) is 41.3 Å². The third-order valence-electron chi connectivity index (χ3n) is 2.51. The minimum absolute atomic E-state index is 0. The Morgan fingerprint density at radius 1 is 1.27 bits per heavy atom. The van der Waals surface area contributed by atoms with E-state index in [-0.39, 0.29) is 17.4 Å². The number of hydrogen-bond acceptors (Lipinski definition) is 3. The fraction of sp³-hybridized carbons (Fsp3) is 0.167. The number of carboxylic acids is 1. The topological polar surface area (TPSA) is 55.1 Å². The number of hydrogen-bond donors (Lipinski definition) is 1. The van der Waals surface area contributed by atoms with Gasteiger partial charge in [-0.25, -0.2) is 9.18 Å². The van der Waals surface area contributed by atoms with E-state index in [1.165, 1.54) is 19.2 Å². The monoisotopic (exact) mass is 356 g/mol. The second kappa shape index (κ2) is 6.57. The van der Waals surface area contributed by atoms with Crippen molar-refractivity contribution in [2.75, 3.05) is 0 Å². The molecule has 0 fully saturated rings. The molecule has 10 heteroatoms. The molecule has 1 N–H and O–H groups in total. The normalized spacial score (nSPS) is 11.1. The summed E-state index contributed by atoms with van der Waals surface area (Å²) in [7, 11) is 1.22. The molecule has 0 aliphatic rings. The molecule has 0 aliphatic carbocycles. The second-order valence-corrected chi connectivity index (χ2v) is 5.07. The van der Waals surface area contributed by atoms with Crippen LogP contribution >= 0.6 is 24.2 Å². The molecule has 0 radical (unpaired) electrons. The molecule has 22 heavy (non-hydrogen) atoms. The van der Waals surface area contributed by atoms with Crippen LogP contribution < -0.4 is 0 Å². The number of aromatic nitrogens is 2. The second-order valence-electron chi connectivity index (χ2n) is 4.01. The first kappa shape index (κ1) is 18.3. The van der Waals surface area contributed by atoms with E-state index < -0.39 is 29.2 Å². The molecule has 0 saturated heterocycles. The number of alkyl halides is 3. The van der Waals surface area contributed by atoms with E-state index in [1.807, 2.05) is 0 Å². The summed E-state index contributed by atoms with van der Waals surface area (Å²) in [6, 6.07) is 4.94. The van der Waals surface area contributed by atoms with Crippen LogP contribution in [0.4, 0.5) is 17.6 Å². The van der Waals surface area contributed by atoms with Crippen LogP contribution in [0.25, 0.3) is 0 Å². The molecule has 2 rings (SSSR count). The smallest absolute Gasteiger partial charge is 0.436 e. The van der Waals surface area contributed by atoms with Crippen molar-refractivity contribution in [1.82, 2.24) is 9.78 Å². The first-order valence-corrected chi connectivity index (χ1v) is 6.32. The summed E-state index contributed by atoms with van der Waals surface area (Å²) < 4.78 is 52.0. The van der Waals surface area contributed by atoms with Crippen molar-refractivity contribution < 1.29 is 27.5 Å². The highest BCUT2D eigenvalue weighted by molar-refractivity contribution is 7.99. The molecule has 0 bridgehead atoms. The Balaban J connectivity index is 0.00000242. The third kappa shape index (κ3) is 3.72. The quantitative estimate of drug-likeness (QED) is 0.849. The van der Waals surface area contributed by atoms with Gasteiger partial charge >= 0.3 is 12.1 Å². The fourth-order valence-electron chi connectivity index (χ4n) is 1.63. The van der Waals surface area contributed by atoms with Crippen LogP contribution in [0.1, 0.15) is 16.1 Å². The number of aromatic carboxylic acids is 1. The molecule has 2 aromatic rings. The maximum Gasteiger partial charge on any atom is 0.436 e. The highest BCUT2D eigenvalue weighted by Crippen LogP contribution is 2.38. The van der Waals surface area contributed by atoms with Crippen molar-refractivity contribution in [2.45, 2.75) is 16.1 Å². The molecular weight excluding hydrogens is 348 g/mol. The molecule has 0 amide bonds. The van der Waals surface area contributed by atoms with E-state index in [2.05, 4.69) is 5.10 Å². The third-order valence-corrected chi connectivity index (χ3v) is 3.67. The van der Waals surface area contributed by atoms with E-state index >= 15 is 0 Å². The van der Waals surface area contributed by atoms with Gasteiger partial charge in [-0.15, -0.1) is 12.4 Å². The SMILES string of the molecule is Cl.Cn1nc(C(F)(F)F)c(C(=O)O)c1Sc1ccc(F)cc1. The average Bonchev–Trinajstić information content (AvgIpc) is 2.70. The maximum absolute atomic E-state index is 12.8. The van der Waals surface area contributed by atoms with Gasteiger partial charge in [0.05, 0.1) is 0 Å². The Kier molecular flexibility index (Phi) is 5.47. The molecule has 0 atom stereocenters. The molecule has 4 nitrogen and oxygen atoms in total. The van der Waals surface area contributed by atoms with Crippen molar-refractivity contribution in [3.63, 3.8) is 0 Å². The number of aryl methyl sites for hydroxylation is 1. The van der Waals surface area contributed by atoms with Crippen LogP contribution in [0.5, 0.6) is 0 Å². The Hall–Kier alpha value is -1.74. The highest BCUT2D eigenvalue weighted by atomic mass is 35.5. The predicted molar refractivity (Wildman–Crippen MR) is 72.9 cm³/mol. The van der Waals surface area contributed by atoms with Gasteiger partial charge in [0, 0.05) is 11.9 Å². The van der Waals surface area contributed by atoms with Crippen LogP contribution in [0, 0.1) is 5.82 Å². The van der Waals surface area contributed by atoms with Crippen molar-refractivity contribution in [1.29, 1.82) is 0 Å². The summed E-state index contributed by atoms with van der Waals surface area (Å²) in [5.74, 6) is -2.22. The van der Waals surface area contributed by atoms with Crippen molar-refractivity contribution >= 4 is 30.1 Å². The average molecular weight is 357 g/mol. The predicted octanol–water partition coefficient (Wildman–Crippen LogP) is 3.85. The van der Waals surface area contributed by atoms with E-state index in [9.17, 15) is 22.4 Å². The molecule has 0 unspecified atom stereocenters. The number of benzene rings is 1. The Morgan fingerprint density at radius 3 is 2.27 bits per heavy atom. The molecule has 1 heterocycles. The molecule has 1 aromatic carbocycles. The number of halogens is 5. The maximum atomic E-state index is 12.8. The standard InChI is InChI=1S/C12H8F4N2O2S.ClH/c1-18-10(21-7-4-2-6(13)3-5-7)8(11(19)20)9(17-18)12(14,15)16;/h2-5H,1H3,(H,19,20);1H. The number of carbonyl (C=O) groups is 1. The minimum atomic E-state index is -4.87. The van der Waals surface area contributed by atoms with Gasteiger partial charge in [0.15, 0.2) is 5.69 Å². The molecule has 0 saturated carbocycles. The minimum Gasteiger partial charge on any atom is -0.478 e. The van der Waals surface area contributed by atoms with Gasteiger partial charge in [-0.05, 0) is 24.3 Å². The lowest BCUT2D eigenvalue weighted by Crippen LogP contribution is -2.12. The van der Waals surface area contributed by atoms with E-state index in [1.54, 1.807) is 0 Å². The van der Waals surface area contributed by atoms with Gasteiger partial charge in [0.25, 0.3) is 0 Å². The van der Waals surface area contributed by atoms with Gasteiger partial charge in [0.2, 0.25) is 0 Å². The lowest BCUT2D eigenvalue weighted by atomic mass is 10.2. The van der Waals surface area contributed by atoms with Crippen LogP contribution in [0.15, 0.2) is 34.2 Å². The van der Waals surface area contributed by atoms with Crippen LogP contribution in [-0.4, -0.2) is 20.9 Å². The summed E-state index contributed by atoms with van der Waals surface area (Å²) in [5, 5.41) is 12.1. The lowest BCUT2D eigenvalue weighted by molar-refractivity contribution is -0.141. The zero-order valence-electron chi connectivity index (χ0n) is 10.9. The van der Waals surface area contributed by atoms with Gasteiger partial charge in [-0.1, -0.05) is 11.8 Å². The number of rotatable bonds is 3. The summed E-state index contributed by atoms with van der Waals surface area (Å²) in [6.45, 7) is 0. The number of carboxylic acid groups (broad SMARTS) is 1. The first-order valence-electron chi connectivity index (χ1n) is 5.51. The highest BCUT2D eigenvalue weighted by Gasteiger charge is 2.41. The Morgan fingerprint density at radius 2 is 1.82 bits per heavy atom. The summed E-state index contributed by atoms with van der Waals surface area (Å²) >= 11 is 0.768. The van der Waals surface area contributed by atoms with Crippen LogP contribution in [0.3, 0.4) is 0 Å². The van der Waals surface area contributed by atoms with Crippen LogP contribution in [-0.2, 0) is 13.2 Å². The van der Waals surface area contributed by atoms with Crippen molar-refractivity contribution in [2.24, 2.45) is 7.05 Å². The van der Waals surface area contributed by atoms with Crippen molar-refractivity contribution in [3.8, 4) is 0 Å². The first-order chi connectivity index (χ1) is 9.70.